The highest BCUT2D eigenvalue weighted by Crippen LogP contribution is 2.22. The van der Waals surface area contributed by atoms with Crippen LogP contribution in [-0.2, 0) is 6.42 Å². The summed E-state index contributed by atoms with van der Waals surface area (Å²) in [7, 11) is 0. The third kappa shape index (κ3) is 3.57. The van der Waals surface area contributed by atoms with Crippen LogP contribution in [0.1, 0.15) is 18.4 Å². The van der Waals surface area contributed by atoms with Crippen LogP contribution < -0.4 is 5.32 Å². The van der Waals surface area contributed by atoms with Crippen LogP contribution in [0.25, 0.3) is 10.6 Å². The Kier molecular flexibility index (Phi) is 4.58. The third-order valence-electron chi connectivity index (χ3n) is 2.37. The van der Waals surface area contributed by atoms with Crippen LogP contribution in [0.4, 0.5) is 0 Å². The van der Waals surface area contributed by atoms with E-state index in [2.05, 4.69) is 27.4 Å². The topological polar surface area (TPSA) is 50.7 Å². The molecule has 0 amide bonds. The van der Waals surface area contributed by atoms with Crippen molar-refractivity contribution in [3.8, 4) is 10.6 Å². The van der Waals surface area contributed by atoms with Crippen molar-refractivity contribution < 1.29 is 0 Å². The first-order valence-corrected chi connectivity index (χ1v) is 6.65. The summed E-state index contributed by atoms with van der Waals surface area (Å²) in [4.78, 5) is 4.09. The normalized spacial score (nSPS) is 10.6. The highest BCUT2D eigenvalue weighted by molar-refractivity contribution is 7.14. The second-order valence-corrected chi connectivity index (χ2v) is 4.76. The number of nitrogens with zero attached hydrogens (tertiary/aromatic N) is 3. The minimum atomic E-state index is 0.955. The fraction of sp³-hybridized carbons (Fsp3) is 0.417. The summed E-state index contributed by atoms with van der Waals surface area (Å²) in [5, 5.41) is 13.8. The Hall–Kier alpha value is -1.33. The predicted molar refractivity (Wildman–Crippen MR) is 70.0 cm³/mol. The first-order chi connectivity index (χ1) is 8.40. The van der Waals surface area contributed by atoms with E-state index in [4.69, 9.17) is 0 Å². The van der Waals surface area contributed by atoms with E-state index in [1.807, 2.05) is 18.3 Å². The van der Waals surface area contributed by atoms with Crippen LogP contribution in [-0.4, -0.2) is 28.3 Å². The lowest BCUT2D eigenvalue weighted by Crippen LogP contribution is -2.14. The van der Waals surface area contributed by atoms with Gasteiger partial charge in [-0.2, -0.15) is 0 Å². The van der Waals surface area contributed by atoms with Crippen molar-refractivity contribution in [3.63, 3.8) is 0 Å². The minimum Gasteiger partial charge on any atom is -0.317 e. The average molecular weight is 248 g/mol. The van der Waals surface area contributed by atoms with Crippen molar-refractivity contribution in [2.24, 2.45) is 0 Å². The second-order valence-electron chi connectivity index (χ2n) is 3.70. The monoisotopic (exact) mass is 248 g/mol. The highest BCUT2D eigenvalue weighted by Gasteiger charge is 2.05. The lowest BCUT2D eigenvalue weighted by atomic mass is 10.3. The minimum absolute atomic E-state index is 0.955. The molecule has 1 N–H and O–H groups in total. The molecule has 0 aliphatic rings. The van der Waals surface area contributed by atoms with Gasteiger partial charge in [-0.3, -0.25) is 4.98 Å². The molecule has 0 aromatic carbocycles. The Labute approximate surface area is 105 Å². The summed E-state index contributed by atoms with van der Waals surface area (Å²) in [6.45, 7) is 4.18. The molecule has 0 spiro atoms. The second kappa shape index (κ2) is 6.42. The highest BCUT2D eigenvalue weighted by atomic mass is 32.1. The molecule has 0 fully saturated rings. The quantitative estimate of drug-likeness (QED) is 0.796. The Morgan fingerprint density at radius 1 is 1.35 bits per heavy atom. The maximum atomic E-state index is 4.20. The van der Waals surface area contributed by atoms with Gasteiger partial charge in [0.15, 0.2) is 0 Å². The van der Waals surface area contributed by atoms with Crippen molar-refractivity contribution in [2.75, 3.05) is 13.1 Å². The van der Waals surface area contributed by atoms with Crippen LogP contribution in [0.2, 0.25) is 0 Å². The number of pyridine rings is 1. The fourth-order valence-electron chi connectivity index (χ4n) is 1.50. The summed E-state index contributed by atoms with van der Waals surface area (Å²) in [6, 6.07) is 3.93. The van der Waals surface area contributed by atoms with E-state index in [1.54, 1.807) is 17.5 Å². The Balaban J connectivity index is 1.92. The molecule has 0 aliphatic carbocycles. The molecule has 0 unspecified atom stereocenters. The summed E-state index contributed by atoms with van der Waals surface area (Å²) in [6.07, 6.45) is 5.69. The maximum Gasteiger partial charge on any atom is 0.149 e. The van der Waals surface area contributed by atoms with Gasteiger partial charge in [0.2, 0.25) is 0 Å². The molecule has 2 aromatic heterocycles. The van der Waals surface area contributed by atoms with E-state index < -0.39 is 0 Å². The Bertz CT molecular complexity index is 441. The van der Waals surface area contributed by atoms with E-state index in [-0.39, 0.29) is 0 Å². The largest absolute Gasteiger partial charge is 0.317 e. The molecule has 2 heterocycles. The summed E-state index contributed by atoms with van der Waals surface area (Å²) < 4.78 is 0. The van der Waals surface area contributed by atoms with E-state index in [1.165, 1.54) is 0 Å². The zero-order valence-electron chi connectivity index (χ0n) is 9.89. The zero-order valence-corrected chi connectivity index (χ0v) is 10.7. The summed E-state index contributed by atoms with van der Waals surface area (Å²) >= 11 is 1.65. The number of aromatic nitrogens is 3. The Morgan fingerprint density at radius 2 is 2.29 bits per heavy atom. The van der Waals surface area contributed by atoms with Crippen molar-refractivity contribution in [1.82, 2.24) is 20.5 Å². The molecule has 2 rings (SSSR count). The van der Waals surface area contributed by atoms with E-state index in [0.717, 1.165) is 41.5 Å². The molecule has 4 nitrogen and oxygen atoms in total. The van der Waals surface area contributed by atoms with Gasteiger partial charge in [-0.05, 0) is 31.6 Å². The number of nitrogens with one attached hydrogen (secondary N) is 1. The van der Waals surface area contributed by atoms with Gasteiger partial charge < -0.3 is 5.32 Å². The first-order valence-electron chi connectivity index (χ1n) is 5.83. The van der Waals surface area contributed by atoms with E-state index in [9.17, 15) is 0 Å². The van der Waals surface area contributed by atoms with Gasteiger partial charge in [0, 0.05) is 24.4 Å². The van der Waals surface area contributed by atoms with Crippen molar-refractivity contribution in [3.05, 3.63) is 29.5 Å². The van der Waals surface area contributed by atoms with Crippen LogP contribution in [0.15, 0.2) is 24.5 Å². The SMILES string of the molecule is CCNCCCc1nnc(-c2cccnc2)s1. The standard InChI is InChI=1S/C12H16N4S/c1-2-13-7-4-6-11-15-16-12(17-11)10-5-3-8-14-9-10/h3,5,8-9,13H,2,4,6-7H2,1H3. The smallest absolute Gasteiger partial charge is 0.149 e. The molecule has 0 aliphatic heterocycles. The van der Waals surface area contributed by atoms with Crippen LogP contribution in [0.5, 0.6) is 0 Å². The third-order valence-corrected chi connectivity index (χ3v) is 3.40. The summed E-state index contributed by atoms with van der Waals surface area (Å²) in [5.41, 5.74) is 1.04. The van der Waals surface area contributed by atoms with Gasteiger partial charge in [-0.25, -0.2) is 0 Å². The molecular formula is C12H16N4S. The molecule has 0 radical (unpaired) electrons. The van der Waals surface area contributed by atoms with Crippen molar-refractivity contribution in [2.45, 2.75) is 19.8 Å². The van der Waals surface area contributed by atoms with Gasteiger partial charge in [-0.1, -0.05) is 18.3 Å². The fourth-order valence-corrected chi connectivity index (χ4v) is 2.37. The number of hydrogen-bond acceptors (Lipinski definition) is 5. The predicted octanol–water partition coefficient (Wildman–Crippen LogP) is 2.14. The molecule has 90 valence electrons. The van der Waals surface area contributed by atoms with Crippen molar-refractivity contribution >= 4 is 11.3 Å². The van der Waals surface area contributed by atoms with Gasteiger partial charge in [0.25, 0.3) is 0 Å². The molecule has 2 aromatic rings. The zero-order chi connectivity index (χ0) is 11.9. The molecule has 0 saturated carbocycles. The van der Waals surface area contributed by atoms with Crippen LogP contribution in [0, 0.1) is 0 Å². The molecule has 0 saturated heterocycles. The van der Waals surface area contributed by atoms with Gasteiger partial charge in [-0.15, -0.1) is 10.2 Å². The van der Waals surface area contributed by atoms with Gasteiger partial charge in [0.1, 0.15) is 10.0 Å². The molecule has 17 heavy (non-hydrogen) atoms. The Morgan fingerprint density at radius 3 is 3.06 bits per heavy atom. The molecule has 0 bridgehead atoms. The lowest BCUT2D eigenvalue weighted by molar-refractivity contribution is 0.669. The number of hydrogen-bond donors (Lipinski definition) is 1. The number of rotatable bonds is 6. The average Bonchev–Trinajstić information content (AvgIpc) is 2.85. The van der Waals surface area contributed by atoms with E-state index >= 15 is 0 Å². The first kappa shape index (κ1) is 12.1. The number of aryl methyl sites for hydroxylation is 1. The van der Waals surface area contributed by atoms with Crippen molar-refractivity contribution in [1.29, 1.82) is 0 Å². The van der Waals surface area contributed by atoms with Crippen LogP contribution >= 0.6 is 11.3 Å². The van der Waals surface area contributed by atoms with Crippen LogP contribution in [0.3, 0.4) is 0 Å². The van der Waals surface area contributed by atoms with Gasteiger partial charge in [0.05, 0.1) is 0 Å². The molecule has 0 atom stereocenters. The van der Waals surface area contributed by atoms with E-state index in [0.29, 0.717) is 0 Å². The maximum absolute atomic E-state index is 4.20. The molecule has 5 heteroatoms. The lowest BCUT2D eigenvalue weighted by Gasteiger charge is -1.97. The molecular weight excluding hydrogens is 232 g/mol. The summed E-state index contributed by atoms with van der Waals surface area (Å²) in [5.74, 6) is 0. The van der Waals surface area contributed by atoms with Gasteiger partial charge >= 0.3 is 0 Å².